The number of nitrogens with one attached hydrogen (secondary N) is 2. The summed E-state index contributed by atoms with van der Waals surface area (Å²) in [5, 5.41) is 6.16. The summed E-state index contributed by atoms with van der Waals surface area (Å²) in [6.07, 6.45) is 1.69. The largest absolute Gasteiger partial charge is 0.379 e. The van der Waals surface area contributed by atoms with Crippen LogP contribution in [-0.4, -0.2) is 13.2 Å². The van der Waals surface area contributed by atoms with Crippen molar-refractivity contribution >= 4 is 0 Å². The minimum absolute atomic E-state index is 0.719. The smallest absolute Gasteiger partial charge is 0.0647 e. The molecular formula is C7H16N2. The third-order valence-corrected chi connectivity index (χ3v) is 0.924. The SMILES string of the molecule is C=CNCNCC(C)C. The van der Waals surface area contributed by atoms with Crippen molar-refractivity contribution in [2.45, 2.75) is 13.8 Å². The number of rotatable bonds is 5. The van der Waals surface area contributed by atoms with E-state index in [-0.39, 0.29) is 0 Å². The van der Waals surface area contributed by atoms with Gasteiger partial charge in [-0.05, 0) is 18.7 Å². The highest BCUT2D eigenvalue weighted by atomic mass is 15.0. The maximum atomic E-state index is 3.53. The lowest BCUT2D eigenvalue weighted by Gasteiger charge is -2.05. The van der Waals surface area contributed by atoms with Gasteiger partial charge in [-0.2, -0.15) is 0 Å². The van der Waals surface area contributed by atoms with E-state index in [9.17, 15) is 0 Å². The van der Waals surface area contributed by atoms with Gasteiger partial charge in [0.2, 0.25) is 0 Å². The van der Waals surface area contributed by atoms with Gasteiger partial charge in [-0.15, -0.1) is 0 Å². The normalized spacial score (nSPS) is 9.67. The first kappa shape index (κ1) is 8.50. The predicted molar refractivity (Wildman–Crippen MR) is 41.0 cm³/mol. The lowest BCUT2D eigenvalue weighted by atomic mass is 10.2. The minimum Gasteiger partial charge on any atom is -0.379 e. The molecule has 0 saturated carbocycles. The fourth-order valence-corrected chi connectivity index (χ4v) is 0.505. The molecule has 2 N–H and O–H groups in total. The molecule has 0 aromatic carbocycles. The first-order valence-corrected chi connectivity index (χ1v) is 3.32. The Kier molecular flexibility index (Phi) is 5.32. The second kappa shape index (κ2) is 5.63. The van der Waals surface area contributed by atoms with Gasteiger partial charge >= 0.3 is 0 Å². The summed E-state index contributed by atoms with van der Waals surface area (Å²) >= 11 is 0. The highest BCUT2D eigenvalue weighted by Crippen LogP contribution is 1.84. The van der Waals surface area contributed by atoms with Gasteiger partial charge in [-0.1, -0.05) is 20.4 Å². The minimum atomic E-state index is 0.719. The van der Waals surface area contributed by atoms with Gasteiger partial charge in [-0.25, -0.2) is 0 Å². The lowest BCUT2D eigenvalue weighted by molar-refractivity contribution is 0.541. The average Bonchev–Trinajstić information content (AvgIpc) is 1.80. The Morgan fingerprint density at radius 3 is 2.67 bits per heavy atom. The van der Waals surface area contributed by atoms with Gasteiger partial charge in [-0.3, -0.25) is 5.32 Å². The maximum Gasteiger partial charge on any atom is 0.0647 e. The third-order valence-electron chi connectivity index (χ3n) is 0.924. The molecule has 0 fully saturated rings. The van der Waals surface area contributed by atoms with Crippen LogP contribution in [0.15, 0.2) is 12.8 Å². The van der Waals surface area contributed by atoms with Crippen molar-refractivity contribution < 1.29 is 0 Å². The van der Waals surface area contributed by atoms with E-state index in [4.69, 9.17) is 0 Å². The summed E-state index contributed by atoms with van der Waals surface area (Å²) in [5.41, 5.74) is 0. The molecule has 0 atom stereocenters. The van der Waals surface area contributed by atoms with Crippen LogP contribution in [0.3, 0.4) is 0 Å². The Hall–Kier alpha value is -0.500. The lowest BCUT2D eigenvalue weighted by Crippen LogP contribution is -2.28. The zero-order valence-electron chi connectivity index (χ0n) is 6.28. The summed E-state index contributed by atoms with van der Waals surface area (Å²) in [6, 6.07) is 0. The Bertz CT molecular complexity index is 69.3. The van der Waals surface area contributed by atoms with Crippen LogP contribution in [0.5, 0.6) is 0 Å². The van der Waals surface area contributed by atoms with Crippen LogP contribution in [0, 0.1) is 5.92 Å². The number of hydrogen-bond donors (Lipinski definition) is 2. The molecule has 0 amide bonds. The van der Waals surface area contributed by atoms with Crippen LogP contribution in [0.4, 0.5) is 0 Å². The fraction of sp³-hybridized carbons (Fsp3) is 0.714. The summed E-state index contributed by atoms with van der Waals surface area (Å²) in [5.74, 6) is 0.719. The average molecular weight is 128 g/mol. The van der Waals surface area contributed by atoms with Crippen molar-refractivity contribution in [2.24, 2.45) is 5.92 Å². The Morgan fingerprint density at radius 1 is 1.56 bits per heavy atom. The Balaban J connectivity index is 2.82. The van der Waals surface area contributed by atoms with E-state index >= 15 is 0 Å². The van der Waals surface area contributed by atoms with E-state index in [1.165, 1.54) is 0 Å². The molecule has 0 aromatic heterocycles. The van der Waals surface area contributed by atoms with Gasteiger partial charge in [0, 0.05) is 0 Å². The van der Waals surface area contributed by atoms with Crippen molar-refractivity contribution in [2.75, 3.05) is 13.2 Å². The zero-order valence-corrected chi connectivity index (χ0v) is 6.28. The molecule has 0 rings (SSSR count). The quantitative estimate of drug-likeness (QED) is 0.425. The molecule has 2 heteroatoms. The first-order valence-electron chi connectivity index (χ1n) is 3.32. The molecule has 0 bridgehead atoms. The van der Waals surface area contributed by atoms with Crippen molar-refractivity contribution in [3.05, 3.63) is 12.8 Å². The third kappa shape index (κ3) is 7.50. The fourth-order valence-electron chi connectivity index (χ4n) is 0.505. The molecule has 54 valence electrons. The maximum absolute atomic E-state index is 3.53. The highest BCUT2D eigenvalue weighted by molar-refractivity contribution is 4.61. The summed E-state index contributed by atoms with van der Waals surface area (Å²) < 4.78 is 0. The summed E-state index contributed by atoms with van der Waals surface area (Å²) in [7, 11) is 0. The topological polar surface area (TPSA) is 24.1 Å². The van der Waals surface area contributed by atoms with Gasteiger partial charge in [0.05, 0.1) is 6.67 Å². The molecule has 0 aliphatic rings. The van der Waals surface area contributed by atoms with Crippen LogP contribution in [0.1, 0.15) is 13.8 Å². The number of hydrogen-bond acceptors (Lipinski definition) is 2. The molecule has 0 spiro atoms. The molecule has 0 heterocycles. The van der Waals surface area contributed by atoms with E-state index in [1.807, 2.05) is 0 Å². The van der Waals surface area contributed by atoms with Gasteiger partial charge in [0.15, 0.2) is 0 Å². The van der Waals surface area contributed by atoms with Crippen molar-refractivity contribution in [1.29, 1.82) is 0 Å². The van der Waals surface area contributed by atoms with Crippen molar-refractivity contribution in [3.63, 3.8) is 0 Å². The monoisotopic (exact) mass is 128 g/mol. The summed E-state index contributed by atoms with van der Waals surface area (Å²) in [6.45, 7) is 9.77. The molecular weight excluding hydrogens is 112 g/mol. The predicted octanol–water partition coefficient (Wildman–Crippen LogP) is 0.923. The van der Waals surface area contributed by atoms with Crippen LogP contribution < -0.4 is 10.6 Å². The molecule has 0 aliphatic heterocycles. The second-order valence-electron chi connectivity index (χ2n) is 2.43. The first-order chi connectivity index (χ1) is 4.27. The Morgan fingerprint density at radius 2 is 2.22 bits per heavy atom. The van der Waals surface area contributed by atoms with Crippen LogP contribution in [-0.2, 0) is 0 Å². The van der Waals surface area contributed by atoms with Crippen molar-refractivity contribution in [3.8, 4) is 0 Å². The van der Waals surface area contributed by atoms with E-state index < -0.39 is 0 Å². The van der Waals surface area contributed by atoms with Crippen molar-refractivity contribution in [1.82, 2.24) is 10.6 Å². The van der Waals surface area contributed by atoms with Gasteiger partial charge < -0.3 is 5.32 Å². The van der Waals surface area contributed by atoms with Gasteiger partial charge in [0.25, 0.3) is 0 Å². The van der Waals surface area contributed by atoms with E-state index in [2.05, 4.69) is 31.1 Å². The summed E-state index contributed by atoms with van der Waals surface area (Å²) in [4.78, 5) is 0. The van der Waals surface area contributed by atoms with Gasteiger partial charge in [0.1, 0.15) is 0 Å². The zero-order chi connectivity index (χ0) is 7.11. The molecule has 0 aromatic rings. The van der Waals surface area contributed by atoms with E-state index in [0.717, 1.165) is 19.1 Å². The van der Waals surface area contributed by atoms with Crippen LogP contribution in [0.25, 0.3) is 0 Å². The van der Waals surface area contributed by atoms with Crippen LogP contribution >= 0.6 is 0 Å². The molecule has 0 aliphatic carbocycles. The Labute approximate surface area is 57.3 Å². The standard InChI is InChI=1S/C7H16N2/c1-4-8-6-9-5-7(2)3/h4,7-9H,1,5-6H2,2-3H3. The molecule has 0 unspecified atom stereocenters. The molecule has 9 heavy (non-hydrogen) atoms. The molecule has 0 saturated heterocycles. The molecule has 0 radical (unpaired) electrons. The van der Waals surface area contributed by atoms with E-state index in [0.29, 0.717) is 0 Å². The highest BCUT2D eigenvalue weighted by Gasteiger charge is 1.88. The van der Waals surface area contributed by atoms with Crippen LogP contribution in [0.2, 0.25) is 0 Å². The van der Waals surface area contributed by atoms with E-state index in [1.54, 1.807) is 6.20 Å². The molecule has 2 nitrogen and oxygen atoms in total. The second-order valence-corrected chi connectivity index (χ2v) is 2.43.